The quantitative estimate of drug-likeness (QED) is 0.564. The van der Waals surface area contributed by atoms with Crippen molar-refractivity contribution in [3.8, 4) is 0 Å². The van der Waals surface area contributed by atoms with Crippen LogP contribution in [0.3, 0.4) is 0 Å². The van der Waals surface area contributed by atoms with E-state index < -0.39 is 5.97 Å². The maximum absolute atomic E-state index is 12.9. The van der Waals surface area contributed by atoms with Crippen molar-refractivity contribution in [1.82, 2.24) is 14.9 Å². The van der Waals surface area contributed by atoms with Crippen molar-refractivity contribution < 1.29 is 14.3 Å². The summed E-state index contributed by atoms with van der Waals surface area (Å²) in [7, 11) is 1.54. The first-order valence-electron chi connectivity index (χ1n) is 10.4. The Labute approximate surface area is 185 Å². The van der Waals surface area contributed by atoms with Gasteiger partial charge < -0.3 is 14.5 Å². The normalized spacial score (nSPS) is 19.2. The van der Waals surface area contributed by atoms with Gasteiger partial charge in [0.05, 0.1) is 10.9 Å². The molecule has 31 heavy (non-hydrogen) atoms. The molecule has 1 aliphatic heterocycles. The average Bonchev–Trinajstić information content (AvgIpc) is 3.28. The number of benzene rings is 1. The number of esters is 1. The summed E-state index contributed by atoms with van der Waals surface area (Å²) in [6.07, 6.45) is 2.05. The fraction of sp³-hybridized carbons (Fsp3) is 0.435. The van der Waals surface area contributed by atoms with Crippen LogP contribution < -0.4 is 5.56 Å². The van der Waals surface area contributed by atoms with Gasteiger partial charge >= 0.3 is 5.97 Å². The van der Waals surface area contributed by atoms with Gasteiger partial charge in [-0.2, -0.15) is 0 Å². The summed E-state index contributed by atoms with van der Waals surface area (Å²) in [5, 5.41) is 0.439. The van der Waals surface area contributed by atoms with E-state index in [1.807, 2.05) is 18.2 Å². The Bertz CT molecular complexity index is 1140. The molecule has 7 nitrogen and oxygen atoms in total. The Morgan fingerprint density at radius 2 is 2.10 bits per heavy atom. The van der Waals surface area contributed by atoms with Crippen LogP contribution in [0.4, 0.5) is 0 Å². The van der Waals surface area contributed by atoms with E-state index in [1.54, 1.807) is 6.92 Å². The summed E-state index contributed by atoms with van der Waals surface area (Å²) in [6.45, 7) is 6.24. The van der Waals surface area contributed by atoms with Crippen LogP contribution in [-0.2, 0) is 22.6 Å². The number of rotatable bonds is 7. The number of thiophene rings is 1. The molecule has 8 heteroatoms. The SMILES string of the molecule is COCc1nc2sc(C(=O)OC[C@]3(C)CCCN3Cc3ccccc3)c(C)c2c(=O)[nH]1. The van der Waals surface area contributed by atoms with Gasteiger partial charge in [0.25, 0.3) is 5.56 Å². The molecule has 1 atom stereocenters. The van der Waals surface area contributed by atoms with Crippen molar-refractivity contribution in [2.24, 2.45) is 0 Å². The molecule has 0 amide bonds. The molecule has 3 heterocycles. The zero-order valence-electron chi connectivity index (χ0n) is 18.1. The number of nitrogens with zero attached hydrogens (tertiary/aromatic N) is 2. The van der Waals surface area contributed by atoms with E-state index in [0.29, 0.717) is 33.1 Å². The van der Waals surface area contributed by atoms with Crippen LogP contribution in [0.5, 0.6) is 0 Å². The minimum absolute atomic E-state index is 0.206. The van der Waals surface area contributed by atoms with E-state index in [0.717, 1.165) is 25.9 Å². The van der Waals surface area contributed by atoms with Gasteiger partial charge in [-0.05, 0) is 44.4 Å². The largest absolute Gasteiger partial charge is 0.460 e. The Hall–Kier alpha value is -2.55. The molecule has 0 radical (unpaired) electrons. The number of hydrogen-bond acceptors (Lipinski definition) is 7. The van der Waals surface area contributed by atoms with Crippen molar-refractivity contribution in [1.29, 1.82) is 0 Å². The maximum Gasteiger partial charge on any atom is 0.348 e. The first-order chi connectivity index (χ1) is 14.9. The molecule has 4 rings (SSSR count). The number of carbonyl (C=O) groups excluding carboxylic acids is 1. The van der Waals surface area contributed by atoms with Crippen LogP contribution in [0.25, 0.3) is 10.2 Å². The van der Waals surface area contributed by atoms with E-state index >= 15 is 0 Å². The maximum atomic E-state index is 12.9. The molecule has 1 aromatic carbocycles. The van der Waals surface area contributed by atoms with Gasteiger partial charge in [-0.3, -0.25) is 9.69 Å². The molecule has 1 saturated heterocycles. The predicted octanol–water partition coefficient (Wildman–Crippen LogP) is 3.65. The van der Waals surface area contributed by atoms with E-state index in [4.69, 9.17) is 9.47 Å². The van der Waals surface area contributed by atoms with Crippen LogP contribution >= 0.6 is 11.3 Å². The molecule has 1 fully saturated rings. The average molecular weight is 442 g/mol. The Morgan fingerprint density at radius 3 is 2.84 bits per heavy atom. The van der Waals surface area contributed by atoms with Crippen molar-refractivity contribution in [3.63, 3.8) is 0 Å². The van der Waals surface area contributed by atoms with Crippen LogP contribution in [0.2, 0.25) is 0 Å². The molecule has 1 N–H and O–H groups in total. The molecule has 3 aromatic rings. The molecule has 0 saturated carbocycles. The number of aromatic amines is 1. The number of carbonyl (C=O) groups is 1. The molecule has 0 spiro atoms. The molecule has 2 aromatic heterocycles. The number of H-pyrrole nitrogens is 1. The lowest BCUT2D eigenvalue weighted by Gasteiger charge is -2.34. The van der Waals surface area contributed by atoms with Crippen molar-refractivity contribution in [3.05, 3.63) is 62.5 Å². The van der Waals surface area contributed by atoms with Gasteiger partial charge in [0.1, 0.15) is 28.7 Å². The molecule has 1 aliphatic rings. The lowest BCUT2D eigenvalue weighted by atomic mass is 9.99. The van der Waals surface area contributed by atoms with E-state index in [1.165, 1.54) is 24.0 Å². The first-order valence-corrected chi connectivity index (χ1v) is 11.2. The second-order valence-electron chi connectivity index (χ2n) is 8.27. The highest BCUT2D eigenvalue weighted by molar-refractivity contribution is 7.20. The standard InChI is InChI=1S/C23H27N3O4S/c1-15-18-20(27)24-17(13-29-3)25-21(18)31-19(15)22(28)30-14-23(2)10-7-11-26(23)12-16-8-5-4-6-9-16/h4-6,8-9H,7,10-14H2,1-3H3,(H,24,25,27)/t23-/m0/s1. The summed E-state index contributed by atoms with van der Waals surface area (Å²) in [5.74, 6) is 0.0390. The number of aromatic nitrogens is 2. The number of ether oxygens (including phenoxy) is 2. The van der Waals surface area contributed by atoms with Crippen LogP contribution in [0, 0.1) is 6.92 Å². The number of aryl methyl sites for hydroxylation is 1. The second kappa shape index (κ2) is 8.90. The number of nitrogens with one attached hydrogen (secondary N) is 1. The topological polar surface area (TPSA) is 84.5 Å². The van der Waals surface area contributed by atoms with Crippen LogP contribution in [0.1, 0.15) is 46.4 Å². The van der Waals surface area contributed by atoms with Crippen LogP contribution in [-0.4, -0.2) is 46.6 Å². The fourth-order valence-electron chi connectivity index (χ4n) is 4.19. The number of hydrogen-bond donors (Lipinski definition) is 1. The molecular weight excluding hydrogens is 414 g/mol. The number of likely N-dealkylation sites (tertiary alicyclic amines) is 1. The fourth-order valence-corrected chi connectivity index (χ4v) is 5.29. The second-order valence-corrected chi connectivity index (χ2v) is 9.26. The Balaban J connectivity index is 1.50. The van der Waals surface area contributed by atoms with Crippen LogP contribution in [0.15, 0.2) is 35.1 Å². The van der Waals surface area contributed by atoms with E-state index in [-0.39, 0.29) is 17.7 Å². The lowest BCUT2D eigenvalue weighted by Crippen LogP contribution is -2.45. The minimum Gasteiger partial charge on any atom is -0.460 e. The third-order valence-corrected chi connectivity index (χ3v) is 7.12. The van der Waals surface area contributed by atoms with Gasteiger partial charge in [0.15, 0.2) is 0 Å². The summed E-state index contributed by atoms with van der Waals surface area (Å²) in [4.78, 5) is 35.9. The van der Waals surface area contributed by atoms with Crippen molar-refractivity contribution in [2.45, 2.75) is 45.4 Å². The summed E-state index contributed by atoms with van der Waals surface area (Å²) < 4.78 is 10.8. The van der Waals surface area contributed by atoms with Gasteiger partial charge in [0.2, 0.25) is 0 Å². The predicted molar refractivity (Wildman–Crippen MR) is 120 cm³/mol. The Kier molecular flexibility index (Phi) is 6.22. The van der Waals surface area contributed by atoms with Gasteiger partial charge in [-0.1, -0.05) is 30.3 Å². The minimum atomic E-state index is -0.402. The number of fused-ring (bicyclic) bond motifs is 1. The molecule has 164 valence electrons. The van der Waals surface area contributed by atoms with Gasteiger partial charge in [-0.25, -0.2) is 9.78 Å². The molecule has 0 unspecified atom stereocenters. The highest BCUT2D eigenvalue weighted by atomic mass is 32.1. The Morgan fingerprint density at radius 1 is 1.32 bits per heavy atom. The smallest absolute Gasteiger partial charge is 0.348 e. The highest BCUT2D eigenvalue weighted by Crippen LogP contribution is 2.32. The monoisotopic (exact) mass is 441 g/mol. The number of methoxy groups -OCH3 is 1. The van der Waals surface area contributed by atoms with E-state index in [2.05, 4.69) is 33.9 Å². The first kappa shape index (κ1) is 21.7. The summed E-state index contributed by atoms with van der Waals surface area (Å²) >= 11 is 1.20. The lowest BCUT2D eigenvalue weighted by molar-refractivity contribution is 0.0184. The van der Waals surface area contributed by atoms with Gasteiger partial charge in [0, 0.05) is 13.7 Å². The van der Waals surface area contributed by atoms with Crippen molar-refractivity contribution >= 4 is 27.5 Å². The van der Waals surface area contributed by atoms with Gasteiger partial charge in [-0.15, -0.1) is 11.3 Å². The molecule has 0 bridgehead atoms. The van der Waals surface area contributed by atoms with Crippen molar-refractivity contribution in [2.75, 3.05) is 20.3 Å². The zero-order valence-corrected chi connectivity index (χ0v) is 18.9. The molecule has 0 aliphatic carbocycles. The zero-order chi connectivity index (χ0) is 22.0. The molecular formula is C23H27N3O4S. The third-order valence-electron chi connectivity index (χ3n) is 5.95. The highest BCUT2D eigenvalue weighted by Gasteiger charge is 2.38. The summed E-state index contributed by atoms with van der Waals surface area (Å²) in [6, 6.07) is 10.3. The summed E-state index contributed by atoms with van der Waals surface area (Å²) in [5.41, 5.74) is 1.39. The van der Waals surface area contributed by atoms with E-state index in [9.17, 15) is 9.59 Å². The third kappa shape index (κ3) is 4.42.